The van der Waals surface area contributed by atoms with Gasteiger partial charge in [0.05, 0.1) is 6.10 Å². The molecule has 116 valence electrons. The van der Waals surface area contributed by atoms with Crippen LogP contribution in [0.4, 0.5) is 4.79 Å². The zero-order valence-electron chi connectivity index (χ0n) is 12.7. The van der Waals surface area contributed by atoms with Crippen molar-refractivity contribution in [3.8, 4) is 0 Å². The molecule has 2 amide bonds. The largest absolute Gasteiger partial charge is 0.393 e. The molecular weight excluding hydrogens is 264 g/mol. The van der Waals surface area contributed by atoms with Crippen LogP contribution in [0.2, 0.25) is 0 Å². The monoisotopic (exact) mass is 290 g/mol. The summed E-state index contributed by atoms with van der Waals surface area (Å²) in [4.78, 5) is 11.9. The highest BCUT2D eigenvalue weighted by Crippen LogP contribution is 2.21. The lowest BCUT2D eigenvalue weighted by atomic mass is 9.93. The van der Waals surface area contributed by atoms with E-state index >= 15 is 0 Å². The highest BCUT2D eigenvalue weighted by molar-refractivity contribution is 5.74. The Hall–Kier alpha value is -1.55. The fraction of sp³-hybridized carbons (Fsp3) is 0.588. The number of carbonyl (C=O) groups excluding carboxylic acids is 1. The number of benzene rings is 1. The minimum absolute atomic E-state index is 0.0894. The smallest absolute Gasteiger partial charge is 0.315 e. The van der Waals surface area contributed by atoms with Crippen LogP contribution in [0.5, 0.6) is 0 Å². The molecule has 2 unspecified atom stereocenters. The van der Waals surface area contributed by atoms with Gasteiger partial charge in [-0.05, 0) is 31.7 Å². The summed E-state index contributed by atoms with van der Waals surface area (Å²) in [5, 5.41) is 15.6. The first-order valence-electron chi connectivity index (χ1n) is 7.92. The highest BCUT2D eigenvalue weighted by Gasteiger charge is 2.19. The van der Waals surface area contributed by atoms with E-state index in [2.05, 4.69) is 10.6 Å². The second-order valence-electron chi connectivity index (χ2n) is 6.03. The van der Waals surface area contributed by atoms with Crippen LogP contribution in [0.3, 0.4) is 0 Å². The first kappa shape index (κ1) is 15.8. The third-order valence-corrected chi connectivity index (χ3v) is 4.10. The van der Waals surface area contributed by atoms with Gasteiger partial charge in [0, 0.05) is 18.5 Å². The van der Waals surface area contributed by atoms with Gasteiger partial charge in [0.1, 0.15) is 0 Å². The standard InChI is InChI=1S/C17H26N2O2/c1-13(20)11-15(14-7-3-2-4-8-14)12-18-17(21)19-16-9-5-6-10-16/h2-4,7-8,13,15-16,20H,5-6,9-12H2,1H3,(H2,18,19,21). The first-order chi connectivity index (χ1) is 10.1. The van der Waals surface area contributed by atoms with E-state index in [0.717, 1.165) is 18.4 Å². The van der Waals surface area contributed by atoms with E-state index in [1.165, 1.54) is 12.8 Å². The van der Waals surface area contributed by atoms with E-state index in [-0.39, 0.29) is 18.1 Å². The summed E-state index contributed by atoms with van der Waals surface area (Å²) in [7, 11) is 0. The summed E-state index contributed by atoms with van der Waals surface area (Å²) in [6.45, 7) is 2.34. The molecule has 0 aliphatic heterocycles. The maximum absolute atomic E-state index is 11.9. The van der Waals surface area contributed by atoms with Gasteiger partial charge in [-0.2, -0.15) is 0 Å². The Morgan fingerprint density at radius 2 is 1.95 bits per heavy atom. The molecule has 0 heterocycles. The van der Waals surface area contributed by atoms with Crippen molar-refractivity contribution in [2.24, 2.45) is 0 Å². The lowest BCUT2D eigenvalue weighted by Crippen LogP contribution is -2.42. The Morgan fingerprint density at radius 1 is 1.29 bits per heavy atom. The van der Waals surface area contributed by atoms with E-state index in [1.54, 1.807) is 6.92 Å². The SMILES string of the molecule is CC(O)CC(CNC(=O)NC1CCCC1)c1ccccc1. The molecule has 1 aromatic carbocycles. The molecule has 2 atom stereocenters. The molecule has 1 fully saturated rings. The van der Waals surface area contributed by atoms with Crippen LogP contribution < -0.4 is 10.6 Å². The van der Waals surface area contributed by atoms with Crippen LogP contribution in [-0.4, -0.2) is 29.8 Å². The summed E-state index contributed by atoms with van der Waals surface area (Å²) in [6, 6.07) is 10.3. The van der Waals surface area contributed by atoms with E-state index in [4.69, 9.17) is 0 Å². The molecule has 0 spiro atoms. The Kier molecular flexibility index (Phi) is 6.05. The molecule has 1 aromatic rings. The zero-order valence-corrected chi connectivity index (χ0v) is 12.7. The molecule has 3 N–H and O–H groups in total. The number of aliphatic hydroxyl groups is 1. The third kappa shape index (κ3) is 5.38. The fourth-order valence-corrected chi connectivity index (χ4v) is 3.00. The van der Waals surface area contributed by atoms with Crippen molar-refractivity contribution in [3.05, 3.63) is 35.9 Å². The molecule has 2 rings (SSSR count). The summed E-state index contributed by atoms with van der Waals surface area (Å²) >= 11 is 0. The van der Waals surface area contributed by atoms with Gasteiger partial charge in [-0.25, -0.2) is 4.79 Å². The lowest BCUT2D eigenvalue weighted by molar-refractivity contribution is 0.173. The number of amides is 2. The zero-order chi connectivity index (χ0) is 15.1. The second-order valence-corrected chi connectivity index (χ2v) is 6.03. The van der Waals surface area contributed by atoms with Gasteiger partial charge in [0.2, 0.25) is 0 Å². The van der Waals surface area contributed by atoms with E-state index in [1.807, 2.05) is 30.3 Å². The number of nitrogens with one attached hydrogen (secondary N) is 2. The fourth-order valence-electron chi connectivity index (χ4n) is 3.00. The average molecular weight is 290 g/mol. The van der Waals surface area contributed by atoms with Crippen molar-refractivity contribution in [2.45, 2.75) is 57.1 Å². The summed E-state index contributed by atoms with van der Waals surface area (Å²) < 4.78 is 0. The van der Waals surface area contributed by atoms with Gasteiger partial charge in [-0.1, -0.05) is 43.2 Å². The van der Waals surface area contributed by atoms with Crippen LogP contribution in [0.15, 0.2) is 30.3 Å². The van der Waals surface area contributed by atoms with Crippen LogP contribution in [0.25, 0.3) is 0 Å². The summed E-state index contributed by atoms with van der Waals surface area (Å²) in [6.07, 6.45) is 4.86. The second kappa shape index (κ2) is 8.03. The Bertz CT molecular complexity index is 428. The predicted molar refractivity (Wildman–Crippen MR) is 84.3 cm³/mol. The minimum atomic E-state index is -0.380. The molecule has 0 aromatic heterocycles. The molecule has 4 heteroatoms. The molecule has 1 aliphatic rings. The molecular formula is C17H26N2O2. The molecule has 0 bridgehead atoms. The van der Waals surface area contributed by atoms with Crippen molar-refractivity contribution in [1.29, 1.82) is 0 Å². The average Bonchev–Trinajstić information content (AvgIpc) is 2.97. The Balaban J connectivity index is 1.85. The number of hydrogen-bond acceptors (Lipinski definition) is 2. The van der Waals surface area contributed by atoms with Crippen molar-refractivity contribution in [2.75, 3.05) is 6.54 Å². The van der Waals surface area contributed by atoms with Gasteiger partial charge < -0.3 is 15.7 Å². The number of urea groups is 1. The normalized spacial score (nSPS) is 18.2. The molecule has 21 heavy (non-hydrogen) atoms. The molecule has 1 aliphatic carbocycles. The molecule has 1 saturated carbocycles. The highest BCUT2D eigenvalue weighted by atomic mass is 16.3. The molecule has 4 nitrogen and oxygen atoms in total. The van der Waals surface area contributed by atoms with Crippen molar-refractivity contribution >= 4 is 6.03 Å². The van der Waals surface area contributed by atoms with Gasteiger partial charge in [0.25, 0.3) is 0 Å². The number of rotatable bonds is 6. The third-order valence-electron chi connectivity index (χ3n) is 4.10. The van der Waals surface area contributed by atoms with Gasteiger partial charge in [-0.15, -0.1) is 0 Å². The van der Waals surface area contributed by atoms with Crippen LogP contribution in [0, 0.1) is 0 Å². The van der Waals surface area contributed by atoms with Gasteiger partial charge in [-0.3, -0.25) is 0 Å². The van der Waals surface area contributed by atoms with Crippen LogP contribution in [0.1, 0.15) is 50.5 Å². The maximum atomic E-state index is 11.9. The topological polar surface area (TPSA) is 61.4 Å². The van der Waals surface area contributed by atoms with Crippen LogP contribution >= 0.6 is 0 Å². The Morgan fingerprint density at radius 3 is 2.57 bits per heavy atom. The number of hydrogen-bond donors (Lipinski definition) is 3. The van der Waals surface area contributed by atoms with E-state index in [0.29, 0.717) is 19.0 Å². The maximum Gasteiger partial charge on any atom is 0.315 e. The Labute approximate surface area is 126 Å². The minimum Gasteiger partial charge on any atom is -0.393 e. The summed E-state index contributed by atoms with van der Waals surface area (Å²) in [5.74, 6) is 0.139. The van der Waals surface area contributed by atoms with Crippen molar-refractivity contribution in [1.82, 2.24) is 10.6 Å². The molecule has 0 saturated heterocycles. The lowest BCUT2D eigenvalue weighted by Gasteiger charge is -2.20. The quantitative estimate of drug-likeness (QED) is 0.754. The molecule has 0 radical (unpaired) electrons. The summed E-state index contributed by atoms with van der Waals surface area (Å²) in [5.41, 5.74) is 1.15. The van der Waals surface area contributed by atoms with Gasteiger partial charge >= 0.3 is 6.03 Å². The van der Waals surface area contributed by atoms with Gasteiger partial charge in [0.15, 0.2) is 0 Å². The number of carbonyl (C=O) groups is 1. The van der Waals surface area contributed by atoms with Crippen molar-refractivity contribution < 1.29 is 9.90 Å². The van der Waals surface area contributed by atoms with E-state index in [9.17, 15) is 9.90 Å². The number of aliphatic hydroxyl groups excluding tert-OH is 1. The predicted octanol–water partition coefficient (Wildman–Crippen LogP) is 2.78. The van der Waals surface area contributed by atoms with E-state index < -0.39 is 0 Å². The van der Waals surface area contributed by atoms with Crippen LogP contribution in [-0.2, 0) is 0 Å². The first-order valence-corrected chi connectivity index (χ1v) is 7.92. The van der Waals surface area contributed by atoms with Crippen molar-refractivity contribution in [3.63, 3.8) is 0 Å².